The summed E-state index contributed by atoms with van der Waals surface area (Å²) in [7, 11) is -3.49. The second-order valence-corrected chi connectivity index (χ2v) is 9.98. The van der Waals surface area contributed by atoms with Crippen molar-refractivity contribution in [3.63, 3.8) is 0 Å². The lowest BCUT2D eigenvalue weighted by molar-refractivity contribution is -0.117. The number of piperidine rings is 1. The first kappa shape index (κ1) is 22.4. The largest absolute Gasteiger partial charge is 0.381 e. The highest BCUT2D eigenvalue weighted by Gasteiger charge is 2.28. The smallest absolute Gasteiger partial charge is 0.200 e. The summed E-state index contributed by atoms with van der Waals surface area (Å²) in [6, 6.07) is 7.90. The fourth-order valence-corrected chi connectivity index (χ4v) is 4.31. The summed E-state index contributed by atoms with van der Waals surface area (Å²) in [5.74, 6) is -1.88. The fraction of sp³-hybridized carbons (Fsp3) is 0.300. The number of benzene rings is 2. The zero-order valence-corrected chi connectivity index (χ0v) is 18.5. The molecule has 2 aromatic rings. The second-order valence-electron chi connectivity index (χ2n) is 7.11. The molecule has 0 aliphatic carbocycles. The molecule has 10 heteroatoms. The normalized spacial score (nSPS) is 16.0. The molecule has 30 heavy (non-hydrogen) atoms. The number of hydrogen-bond donors (Lipinski definition) is 1. The first-order valence-corrected chi connectivity index (χ1v) is 11.8. The van der Waals surface area contributed by atoms with Gasteiger partial charge in [0.2, 0.25) is 5.78 Å². The number of sulfone groups is 1. The Bertz CT molecular complexity index is 1110. The van der Waals surface area contributed by atoms with Crippen molar-refractivity contribution in [3.8, 4) is 0 Å². The fourth-order valence-electron chi connectivity index (χ4n) is 3.32. The van der Waals surface area contributed by atoms with E-state index in [0.29, 0.717) is 37.3 Å². The molecule has 0 radical (unpaired) electrons. The molecule has 1 saturated heterocycles. The third-order valence-corrected chi connectivity index (χ3v) is 6.68. The number of carbonyl (C=O) groups is 1. The number of nitrogens with two attached hydrogens (primary N) is 1. The number of carbonyl (C=O) groups excluding carboxylic acids is 1. The summed E-state index contributed by atoms with van der Waals surface area (Å²) >= 11 is 3.06. The van der Waals surface area contributed by atoms with Crippen LogP contribution in [0.1, 0.15) is 12.8 Å². The number of hydrogen-bond acceptors (Lipinski definition) is 5. The maximum Gasteiger partial charge on any atom is 0.200 e. The standard InChI is InChI=1S/C20H20BrF2N3O3S/c1-30(28,29)14-3-5-18(17(23)11-14)26-8-6-12(7-9-26)19(27)20(24)25-13-2-4-16(22)15(21)10-13/h2-5,10-12H,6-9H2,1H3,(H2,24,25). The maximum atomic E-state index is 14.4. The van der Waals surface area contributed by atoms with Crippen molar-refractivity contribution >= 4 is 48.8 Å². The number of nitrogens with zero attached hydrogens (tertiary/aromatic N) is 2. The lowest BCUT2D eigenvalue weighted by Gasteiger charge is -2.33. The van der Waals surface area contributed by atoms with Crippen LogP contribution < -0.4 is 10.6 Å². The quantitative estimate of drug-likeness (QED) is 0.501. The van der Waals surface area contributed by atoms with Crippen molar-refractivity contribution in [2.24, 2.45) is 16.6 Å². The number of halogens is 3. The van der Waals surface area contributed by atoms with Crippen LogP contribution in [0.5, 0.6) is 0 Å². The van der Waals surface area contributed by atoms with Crippen LogP contribution in [0.4, 0.5) is 20.2 Å². The van der Waals surface area contributed by atoms with E-state index in [1.807, 2.05) is 0 Å². The Balaban J connectivity index is 1.67. The van der Waals surface area contributed by atoms with Crippen LogP contribution in [0.3, 0.4) is 0 Å². The van der Waals surface area contributed by atoms with Crippen molar-refractivity contribution in [1.29, 1.82) is 0 Å². The number of aliphatic imine (C=N–C) groups is 1. The van der Waals surface area contributed by atoms with Gasteiger partial charge in [-0.15, -0.1) is 0 Å². The topological polar surface area (TPSA) is 92.8 Å². The van der Waals surface area contributed by atoms with Gasteiger partial charge in [0.05, 0.1) is 20.7 Å². The molecule has 0 bridgehead atoms. The van der Waals surface area contributed by atoms with E-state index < -0.39 is 21.5 Å². The minimum atomic E-state index is -3.49. The average Bonchev–Trinajstić information content (AvgIpc) is 2.69. The Morgan fingerprint density at radius 2 is 1.80 bits per heavy atom. The predicted molar refractivity (Wildman–Crippen MR) is 115 cm³/mol. The van der Waals surface area contributed by atoms with E-state index in [0.717, 1.165) is 12.3 Å². The molecule has 0 atom stereocenters. The molecule has 160 valence electrons. The van der Waals surface area contributed by atoms with Gasteiger partial charge in [-0.05, 0) is 65.2 Å². The Kier molecular flexibility index (Phi) is 6.56. The molecule has 1 heterocycles. The number of rotatable bonds is 5. The van der Waals surface area contributed by atoms with Crippen LogP contribution in [-0.4, -0.2) is 39.4 Å². The van der Waals surface area contributed by atoms with Gasteiger partial charge in [0, 0.05) is 25.3 Å². The van der Waals surface area contributed by atoms with Gasteiger partial charge >= 0.3 is 0 Å². The van der Waals surface area contributed by atoms with Gasteiger partial charge in [-0.3, -0.25) is 4.79 Å². The molecule has 1 aliphatic rings. The lowest BCUT2D eigenvalue weighted by atomic mass is 9.91. The third kappa shape index (κ3) is 5.04. The minimum absolute atomic E-state index is 0.0785. The molecule has 2 aromatic carbocycles. The van der Waals surface area contributed by atoms with Gasteiger partial charge in [0.15, 0.2) is 15.7 Å². The summed E-state index contributed by atoms with van der Waals surface area (Å²) < 4.78 is 51.1. The minimum Gasteiger partial charge on any atom is -0.381 e. The molecular weight excluding hydrogens is 480 g/mol. The molecule has 2 N–H and O–H groups in total. The Morgan fingerprint density at radius 3 is 2.37 bits per heavy atom. The highest BCUT2D eigenvalue weighted by Crippen LogP contribution is 2.28. The summed E-state index contributed by atoms with van der Waals surface area (Å²) in [6.45, 7) is 0.835. The monoisotopic (exact) mass is 499 g/mol. The average molecular weight is 500 g/mol. The van der Waals surface area contributed by atoms with E-state index in [2.05, 4.69) is 20.9 Å². The van der Waals surface area contributed by atoms with Crippen LogP contribution >= 0.6 is 15.9 Å². The summed E-state index contributed by atoms with van der Waals surface area (Å²) in [5.41, 5.74) is 6.51. The number of Topliss-reactive ketones (excluding diaryl/α,β-unsaturated/α-hetero) is 1. The van der Waals surface area contributed by atoms with E-state index in [1.54, 1.807) is 4.90 Å². The molecular formula is C20H20BrF2N3O3S. The van der Waals surface area contributed by atoms with E-state index in [4.69, 9.17) is 5.73 Å². The lowest BCUT2D eigenvalue weighted by Crippen LogP contribution is -2.40. The zero-order valence-electron chi connectivity index (χ0n) is 16.1. The molecule has 0 aromatic heterocycles. The van der Waals surface area contributed by atoms with Gasteiger partial charge in [-0.2, -0.15) is 0 Å². The first-order valence-electron chi connectivity index (χ1n) is 9.14. The highest BCUT2D eigenvalue weighted by molar-refractivity contribution is 9.10. The van der Waals surface area contributed by atoms with Crippen molar-refractivity contribution in [3.05, 3.63) is 52.5 Å². The summed E-state index contributed by atoms with van der Waals surface area (Å²) in [5, 5.41) is 0. The number of anilines is 1. The molecule has 0 unspecified atom stereocenters. The van der Waals surface area contributed by atoms with Crippen molar-refractivity contribution in [2.75, 3.05) is 24.2 Å². The van der Waals surface area contributed by atoms with Crippen molar-refractivity contribution in [1.82, 2.24) is 0 Å². The Morgan fingerprint density at radius 1 is 1.13 bits per heavy atom. The van der Waals surface area contributed by atoms with Crippen LogP contribution in [-0.2, 0) is 14.6 Å². The second kappa shape index (κ2) is 8.81. The van der Waals surface area contributed by atoms with Crippen LogP contribution in [0.15, 0.2) is 50.8 Å². The molecule has 0 saturated carbocycles. The van der Waals surface area contributed by atoms with Crippen LogP contribution in [0, 0.1) is 17.6 Å². The van der Waals surface area contributed by atoms with E-state index >= 15 is 0 Å². The molecule has 1 aliphatic heterocycles. The Labute approximate surface area is 181 Å². The number of ketones is 1. The van der Waals surface area contributed by atoms with Crippen LogP contribution in [0.25, 0.3) is 0 Å². The van der Waals surface area contributed by atoms with E-state index in [-0.39, 0.29) is 26.9 Å². The summed E-state index contributed by atoms with van der Waals surface area (Å²) in [4.78, 5) is 18.4. The third-order valence-electron chi connectivity index (χ3n) is 4.96. The number of amidine groups is 1. The SMILES string of the molecule is CS(=O)(=O)c1ccc(N2CCC(C(=O)C(N)=Nc3ccc(F)c(Br)c3)CC2)c(F)c1. The molecule has 1 fully saturated rings. The van der Waals surface area contributed by atoms with Gasteiger partial charge in [0.1, 0.15) is 11.6 Å². The van der Waals surface area contributed by atoms with Gasteiger partial charge in [0.25, 0.3) is 0 Å². The summed E-state index contributed by atoms with van der Waals surface area (Å²) in [6.07, 6.45) is 1.93. The van der Waals surface area contributed by atoms with Crippen LogP contribution in [0.2, 0.25) is 0 Å². The zero-order chi connectivity index (χ0) is 22.1. The van der Waals surface area contributed by atoms with E-state index in [1.165, 1.54) is 30.3 Å². The molecule has 6 nitrogen and oxygen atoms in total. The molecule has 0 amide bonds. The molecule has 0 spiro atoms. The van der Waals surface area contributed by atoms with Crippen molar-refractivity contribution in [2.45, 2.75) is 17.7 Å². The van der Waals surface area contributed by atoms with Crippen molar-refractivity contribution < 1.29 is 22.0 Å². The first-order chi connectivity index (χ1) is 14.1. The predicted octanol–water partition coefficient (Wildman–Crippen LogP) is 3.61. The maximum absolute atomic E-state index is 14.4. The van der Waals surface area contributed by atoms with Gasteiger partial charge in [-0.1, -0.05) is 0 Å². The van der Waals surface area contributed by atoms with E-state index in [9.17, 15) is 22.0 Å². The highest BCUT2D eigenvalue weighted by atomic mass is 79.9. The van der Waals surface area contributed by atoms with Gasteiger partial charge in [-0.25, -0.2) is 22.2 Å². The Hall–Kier alpha value is -2.33. The van der Waals surface area contributed by atoms with Gasteiger partial charge < -0.3 is 10.6 Å². The molecule has 3 rings (SSSR count).